The lowest BCUT2D eigenvalue weighted by Crippen LogP contribution is -2.54. The molecule has 33 heavy (non-hydrogen) atoms. The van der Waals surface area contributed by atoms with Crippen LogP contribution >= 0.6 is 23.2 Å². The van der Waals surface area contributed by atoms with Crippen molar-refractivity contribution in [3.05, 3.63) is 69.8 Å². The van der Waals surface area contributed by atoms with Crippen LogP contribution in [0.3, 0.4) is 0 Å². The Morgan fingerprint density at radius 1 is 1.15 bits per heavy atom. The first kappa shape index (κ1) is 22.5. The molecule has 1 aliphatic heterocycles. The minimum absolute atomic E-state index is 0.0388. The van der Waals surface area contributed by atoms with E-state index >= 15 is 0 Å². The van der Waals surface area contributed by atoms with Gasteiger partial charge in [0.2, 0.25) is 5.91 Å². The summed E-state index contributed by atoms with van der Waals surface area (Å²) in [6, 6.07) is 12.0. The molecule has 2 N–H and O–H groups in total. The van der Waals surface area contributed by atoms with Gasteiger partial charge in [-0.05, 0) is 61.1 Å². The molecule has 3 aromatic rings. The number of benzene rings is 2. The first-order valence-electron chi connectivity index (χ1n) is 11.6. The average molecular weight is 483 g/mol. The number of aromatic nitrogens is 2. The van der Waals surface area contributed by atoms with E-state index in [1.807, 2.05) is 27.9 Å². The zero-order valence-electron chi connectivity index (χ0n) is 18.7. The van der Waals surface area contributed by atoms with Crippen LogP contribution in [0.5, 0.6) is 0 Å². The number of hydrogen-bond donors (Lipinski definition) is 1. The smallest absolute Gasteiger partial charge is 0.242 e. The highest BCUT2D eigenvalue weighted by Crippen LogP contribution is 2.33. The molecular weight excluding hydrogens is 455 g/mol. The highest BCUT2D eigenvalue weighted by Gasteiger charge is 2.40. The van der Waals surface area contributed by atoms with E-state index in [0.29, 0.717) is 23.1 Å². The molecule has 1 aromatic heterocycles. The number of hydrogen-bond acceptors (Lipinski definition) is 3. The number of carbonyl (C=O) groups excluding carboxylic acids is 1. The van der Waals surface area contributed by atoms with Gasteiger partial charge in [0.25, 0.3) is 0 Å². The normalized spacial score (nSPS) is 19.0. The summed E-state index contributed by atoms with van der Waals surface area (Å²) >= 11 is 12.5. The molecule has 5 nitrogen and oxygen atoms in total. The molecule has 1 saturated carbocycles. The van der Waals surface area contributed by atoms with Crippen molar-refractivity contribution in [2.24, 2.45) is 5.73 Å². The van der Waals surface area contributed by atoms with Crippen molar-refractivity contribution in [2.75, 3.05) is 13.1 Å². The van der Waals surface area contributed by atoms with Crippen molar-refractivity contribution in [3.8, 4) is 0 Å². The molecule has 2 aromatic carbocycles. The molecule has 172 valence electrons. The summed E-state index contributed by atoms with van der Waals surface area (Å²) < 4.78 is 2.01. The number of fused-ring (bicyclic) bond motifs is 1. The summed E-state index contributed by atoms with van der Waals surface area (Å²) in [5.41, 5.74) is 10.2. The molecule has 1 amide bonds. The minimum atomic E-state index is -0.657. The van der Waals surface area contributed by atoms with Crippen LogP contribution in [0.1, 0.15) is 56.2 Å². The number of nitrogens with two attached hydrogens (primary N) is 1. The first-order chi connectivity index (χ1) is 15.9. The number of rotatable bonds is 4. The molecule has 0 radical (unpaired) electrons. The average Bonchev–Trinajstić information content (AvgIpc) is 3.45. The van der Waals surface area contributed by atoms with E-state index in [2.05, 4.69) is 36.3 Å². The van der Waals surface area contributed by atoms with Crippen LogP contribution in [0, 0.1) is 0 Å². The molecule has 2 aliphatic rings. The Hall–Kier alpha value is -2.34. The van der Waals surface area contributed by atoms with Crippen LogP contribution in [0.25, 0.3) is 16.5 Å². The monoisotopic (exact) mass is 482 g/mol. The zero-order chi connectivity index (χ0) is 23.2. The summed E-state index contributed by atoms with van der Waals surface area (Å²) in [4.78, 5) is 14.9. The largest absolute Gasteiger partial charge is 0.337 e. The maximum atomic E-state index is 12.9. The fourth-order valence-corrected chi connectivity index (χ4v) is 5.74. The number of amides is 1. The summed E-state index contributed by atoms with van der Waals surface area (Å²) in [5, 5.41) is 6.98. The van der Waals surface area contributed by atoms with Crippen LogP contribution in [0.15, 0.2) is 48.7 Å². The van der Waals surface area contributed by atoms with E-state index in [9.17, 15) is 4.79 Å². The maximum absolute atomic E-state index is 12.9. The molecular formula is C26H28Cl2N4O. The zero-order valence-corrected chi connectivity index (χ0v) is 20.2. The van der Waals surface area contributed by atoms with Gasteiger partial charge in [-0.25, -0.2) is 0 Å². The van der Waals surface area contributed by atoms with Gasteiger partial charge in [0.05, 0.1) is 23.3 Å². The van der Waals surface area contributed by atoms with Gasteiger partial charge in [-0.1, -0.05) is 60.3 Å². The molecule has 2 heterocycles. The molecule has 1 fully saturated rings. The standard InChI is InChI=1S/C26H28Cl2N4O/c1-17(22-7-6-21(27)15-23(22)28)32-24-14-19(4-5-20(24)16-30-32)18-8-12-31(13-9-18)25(33)26(29)10-2-3-11-26/h4-8,14-17H,2-3,9-13,29H2,1H3. The fraction of sp³-hybridized carbons (Fsp3) is 0.385. The highest BCUT2D eigenvalue weighted by molar-refractivity contribution is 6.35. The lowest BCUT2D eigenvalue weighted by atomic mass is 9.94. The van der Waals surface area contributed by atoms with Crippen molar-refractivity contribution >= 4 is 45.6 Å². The van der Waals surface area contributed by atoms with Crippen LogP contribution in [-0.4, -0.2) is 39.2 Å². The molecule has 0 saturated heterocycles. The van der Waals surface area contributed by atoms with Crippen LogP contribution in [0.4, 0.5) is 0 Å². The van der Waals surface area contributed by atoms with Gasteiger partial charge in [0.1, 0.15) is 0 Å². The van der Waals surface area contributed by atoms with E-state index in [4.69, 9.17) is 28.9 Å². The molecule has 7 heteroatoms. The van der Waals surface area contributed by atoms with Crippen LogP contribution in [0.2, 0.25) is 10.0 Å². The number of halogens is 2. The van der Waals surface area contributed by atoms with Gasteiger partial charge in [-0.3, -0.25) is 9.48 Å². The summed E-state index contributed by atoms with van der Waals surface area (Å²) in [7, 11) is 0. The topological polar surface area (TPSA) is 64.2 Å². The number of nitrogens with zero attached hydrogens (tertiary/aromatic N) is 3. The van der Waals surface area contributed by atoms with Gasteiger partial charge >= 0.3 is 0 Å². The Balaban J connectivity index is 1.40. The van der Waals surface area contributed by atoms with E-state index in [1.54, 1.807) is 6.07 Å². The predicted octanol–water partition coefficient (Wildman–Crippen LogP) is 5.84. The summed E-state index contributed by atoms with van der Waals surface area (Å²) in [5.74, 6) is 0.109. The Kier molecular flexibility index (Phi) is 5.98. The second kappa shape index (κ2) is 8.79. The van der Waals surface area contributed by atoms with Crippen LogP contribution in [-0.2, 0) is 4.79 Å². The van der Waals surface area contributed by atoms with Crippen molar-refractivity contribution in [2.45, 2.75) is 50.6 Å². The third-order valence-electron chi connectivity index (χ3n) is 7.17. The SMILES string of the molecule is CC(c1ccc(Cl)cc1Cl)n1ncc2ccc(C3=CCN(C(=O)C4(N)CCCC4)CC3)cc21. The Labute approximate surface area is 204 Å². The number of carbonyl (C=O) groups is 1. The third-order valence-corrected chi connectivity index (χ3v) is 7.73. The van der Waals surface area contributed by atoms with Gasteiger partial charge in [-0.2, -0.15) is 5.10 Å². The Morgan fingerprint density at radius 2 is 1.94 bits per heavy atom. The van der Waals surface area contributed by atoms with Gasteiger partial charge in [0, 0.05) is 28.5 Å². The van der Waals surface area contributed by atoms with Gasteiger partial charge in [0.15, 0.2) is 0 Å². The lowest BCUT2D eigenvalue weighted by molar-refractivity contribution is -0.136. The first-order valence-corrected chi connectivity index (χ1v) is 12.3. The third kappa shape index (κ3) is 4.18. The van der Waals surface area contributed by atoms with E-state index in [0.717, 1.165) is 54.1 Å². The molecule has 1 atom stereocenters. The minimum Gasteiger partial charge on any atom is -0.337 e. The van der Waals surface area contributed by atoms with Crippen molar-refractivity contribution in [1.82, 2.24) is 14.7 Å². The lowest BCUT2D eigenvalue weighted by Gasteiger charge is -2.33. The second-order valence-corrected chi connectivity index (χ2v) is 10.1. The molecule has 1 aliphatic carbocycles. The van der Waals surface area contributed by atoms with E-state index < -0.39 is 5.54 Å². The van der Waals surface area contributed by atoms with Gasteiger partial charge < -0.3 is 10.6 Å². The highest BCUT2D eigenvalue weighted by atomic mass is 35.5. The molecule has 0 bridgehead atoms. The van der Waals surface area contributed by atoms with E-state index in [1.165, 1.54) is 5.57 Å². The molecule has 1 unspecified atom stereocenters. The van der Waals surface area contributed by atoms with Crippen molar-refractivity contribution in [1.29, 1.82) is 0 Å². The second-order valence-electron chi connectivity index (χ2n) is 9.30. The predicted molar refractivity (Wildman–Crippen MR) is 135 cm³/mol. The Morgan fingerprint density at radius 3 is 2.64 bits per heavy atom. The Bertz CT molecular complexity index is 1240. The molecule has 5 rings (SSSR count). The van der Waals surface area contributed by atoms with Gasteiger partial charge in [-0.15, -0.1) is 0 Å². The molecule has 0 spiro atoms. The summed E-state index contributed by atoms with van der Waals surface area (Å²) in [6.45, 7) is 3.40. The fourth-order valence-electron chi connectivity index (χ4n) is 5.17. The summed E-state index contributed by atoms with van der Waals surface area (Å²) in [6.07, 6.45) is 8.57. The van der Waals surface area contributed by atoms with E-state index in [-0.39, 0.29) is 11.9 Å². The van der Waals surface area contributed by atoms with Crippen LogP contribution < -0.4 is 5.73 Å². The quantitative estimate of drug-likeness (QED) is 0.507. The van der Waals surface area contributed by atoms with Crippen molar-refractivity contribution < 1.29 is 4.79 Å². The van der Waals surface area contributed by atoms with Crippen molar-refractivity contribution in [3.63, 3.8) is 0 Å². The maximum Gasteiger partial charge on any atom is 0.242 e.